The van der Waals surface area contributed by atoms with Gasteiger partial charge in [-0.15, -0.1) is 0 Å². The molecule has 39 heavy (non-hydrogen) atoms. The Bertz CT molecular complexity index is 1740. The van der Waals surface area contributed by atoms with Crippen molar-refractivity contribution in [2.75, 3.05) is 4.72 Å². The third-order valence-corrected chi connectivity index (χ3v) is 9.77. The summed E-state index contributed by atoms with van der Waals surface area (Å²) in [6, 6.07) is 27.3. The number of carbonyl (C=O) groups is 1. The molecule has 0 heterocycles. The smallest absolute Gasteiger partial charge is 0.325 e. The second-order valence-corrected chi connectivity index (χ2v) is 13.0. The van der Waals surface area contributed by atoms with Crippen molar-refractivity contribution in [2.45, 2.75) is 27.7 Å². The molecule has 5 rings (SSSR count). The molecule has 1 unspecified atom stereocenters. The van der Waals surface area contributed by atoms with Crippen molar-refractivity contribution in [2.24, 2.45) is 0 Å². The maximum absolute atomic E-state index is 13.2. The summed E-state index contributed by atoms with van der Waals surface area (Å²) in [6.07, 6.45) is 0.0132. The zero-order chi connectivity index (χ0) is 27.8. The molecule has 0 saturated heterocycles. The molecule has 1 fully saturated rings. The number of rotatable bonds is 9. The molecule has 0 bridgehead atoms. The summed E-state index contributed by atoms with van der Waals surface area (Å²) < 4.78 is 56.7. The lowest BCUT2D eigenvalue weighted by Gasteiger charge is -2.16. The van der Waals surface area contributed by atoms with Gasteiger partial charge in [-0.1, -0.05) is 66.2 Å². The fourth-order valence-electron chi connectivity index (χ4n) is 4.46. The minimum absolute atomic E-state index is 0.0132. The number of halogens is 1. The summed E-state index contributed by atoms with van der Waals surface area (Å²) in [6.45, 7) is 0. The molecule has 4 aromatic rings. The van der Waals surface area contributed by atoms with Crippen molar-refractivity contribution < 1.29 is 26.7 Å². The van der Waals surface area contributed by atoms with Crippen molar-refractivity contribution in [1.82, 2.24) is 4.72 Å². The Balaban J connectivity index is 1.36. The van der Waals surface area contributed by atoms with Gasteiger partial charge in [0.15, 0.2) is 0 Å². The van der Waals surface area contributed by atoms with Crippen LogP contribution in [-0.4, -0.2) is 33.5 Å². The van der Waals surface area contributed by atoms with Crippen LogP contribution in [0.2, 0.25) is 5.02 Å². The number of sulfonamides is 2. The van der Waals surface area contributed by atoms with Crippen LogP contribution in [0.1, 0.15) is 17.9 Å². The predicted octanol–water partition coefficient (Wildman–Crippen LogP) is 5.10. The Hall–Kier alpha value is -3.70. The molecular weight excluding hydrogens is 560 g/mol. The van der Waals surface area contributed by atoms with Crippen molar-refractivity contribution in [1.29, 1.82) is 0 Å². The van der Waals surface area contributed by atoms with E-state index in [0.29, 0.717) is 10.6 Å². The lowest BCUT2D eigenvalue weighted by Crippen LogP contribution is -2.44. The zero-order valence-electron chi connectivity index (χ0n) is 20.3. The number of carboxylic acid groups (broad SMARTS) is 1. The van der Waals surface area contributed by atoms with E-state index in [9.17, 15) is 26.7 Å². The lowest BCUT2D eigenvalue weighted by molar-refractivity contribution is -0.140. The molecule has 1 aliphatic carbocycles. The first-order chi connectivity index (χ1) is 18.5. The topological polar surface area (TPSA) is 130 Å². The summed E-state index contributed by atoms with van der Waals surface area (Å²) >= 11 is 5.93. The number of hydrogen-bond acceptors (Lipinski definition) is 5. The normalized spacial score (nSPS) is 18.8. The average Bonchev–Trinajstić information content (AvgIpc) is 3.64. The molecule has 0 aromatic heterocycles. The molecule has 3 N–H and O–H groups in total. The standard InChI is InChI=1S/C28H23ClN2O6S2/c29-22-13-9-19(10-14-22)20-11-15-25(16-12-20)39(36,37)31-28(27(32)33)18-26(28)21-5-4-6-23(17-21)30-38(34,35)24-7-2-1-3-8-24/h1-17,26,30-31H,18H2,(H,32,33)/t26-,28?/m0/s1. The van der Waals surface area contributed by atoms with E-state index < -0.39 is 37.5 Å². The molecule has 0 amide bonds. The largest absolute Gasteiger partial charge is 0.480 e. The van der Waals surface area contributed by atoms with Gasteiger partial charge in [-0.05, 0) is 71.6 Å². The van der Waals surface area contributed by atoms with Crippen LogP contribution in [0.4, 0.5) is 5.69 Å². The number of anilines is 1. The van der Waals surface area contributed by atoms with Gasteiger partial charge in [0.1, 0.15) is 5.54 Å². The first kappa shape index (κ1) is 26.9. The van der Waals surface area contributed by atoms with Crippen LogP contribution in [-0.2, 0) is 24.8 Å². The number of nitrogens with one attached hydrogen (secondary N) is 2. The minimum atomic E-state index is -4.19. The van der Waals surface area contributed by atoms with Gasteiger partial charge >= 0.3 is 5.97 Å². The highest BCUT2D eigenvalue weighted by Gasteiger charge is 2.63. The SMILES string of the molecule is O=C(O)C1(NS(=O)(=O)c2ccc(-c3ccc(Cl)cc3)cc2)C[C@H]1c1cccc(NS(=O)(=O)c2ccccc2)c1. The Morgan fingerprint density at radius 2 is 1.36 bits per heavy atom. The number of hydrogen-bond donors (Lipinski definition) is 3. The van der Waals surface area contributed by atoms with Crippen LogP contribution in [0, 0.1) is 0 Å². The van der Waals surface area contributed by atoms with Crippen LogP contribution in [0.15, 0.2) is 113 Å². The van der Waals surface area contributed by atoms with Gasteiger partial charge in [0, 0.05) is 16.6 Å². The van der Waals surface area contributed by atoms with Gasteiger partial charge in [-0.25, -0.2) is 16.8 Å². The molecule has 0 radical (unpaired) electrons. The van der Waals surface area contributed by atoms with E-state index in [1.54, 1.807) is 60.7 Å². The van der Waals surface area contributed by atoms with Gasteiger partial charge in [0.25, 0.3) is 10.0 Å². The maximum atomic E-state index is 13.2. The monoisotopic (exact) mass is 582 g/mol. The van der Waals surface area contributed by atoms with Crippen LogP contribution >= 0.6 is 11.6 Å². The fourth-order valence-corrected chi connectivity index (χ4v) is 7.06. The lowest BCUT2D eigenvalue weighted by atomic mass is 10.1. The van der Waals surface area contributed by atoms with Gasteiger partial charge in [-0.2, -0.15) is 4.72 Å². The fraction of sp³-hybridized carbons (Fsp3) is 0.107. The third kappa shape index (κ3) is 5.55. The van der Waals surface area contributed by atoms with Gasteiger partial charge in [-0.3, -0.25) is 9.52 Å². The Labute approximate surface area is 231 Å². The van der Waals surface area contributed by atoms with Gasteiger partial charge in [0.05, 0.1) is 9.79 Å². The van der Waals surface area contributed by atoms with E-state index in [-0.39, 0.29) is 21.9 Å². The Morgan fingerprint density at radius 3 is 1.97 bits per heavy atom. The molecule has 1 saturated carbocycles. The summed E-state index contributed by atoms with van der Waals surface area (Å²) in [5.41, 5.74) is 0.598. The molecule has 4 aromatic carbocycles. The summed E-state index contributed by atoms with van der Waals surface area (Å²) in [5.74, 6) is -2.01. The molecule has 1 aliphatic rings. The van der Waals surface area contributed by atoms with Crippen molar-refractivity contribution in [3.8, 4) is 11.1 Å². The first-order valence-electron chi connectivity index (χ1n) is 11.8. The first-order valence-corrected chi connectivity index (χ1v) is 15.2. The van der Waals surface area contributed by atoms with Gasteiger partial charge in [0.2, 0.25) is 10.0 Å². The van der Waals surface area contributed by atoms with Crippen molar-refractivity contribution >= 4 is 43.3 Å². The second-order valence-electron chi connectivity index (χ2n) is 9.21. The minimum Gasteiger partial charge on any atom is -0.480 e. The molecule has 11 heteroatoms. The zero-order valence-corrected chi connectivity index (χ0v) is 22.7. The number of carboxylic acids is 1. The molecular formula is C28H23ClN2O6S2. The highest BCUT2D eigenvalue weighted by molar-refractivity contribution is 7.92. The van der Waals surface area contributed by atoms with Crippen LogP contribution in [0.5, 0.6) is 0 Å². The summed E-state index contributed by atoms with van der Waals surface area (Å²) in [4.78, 5) is 12.3. The van der Waals surface area contributed by atoms with E-state index in [1.807, 2.05) is 12.1 Å². The van der Waals surface area contributed by atoms with E-state index >= 15 is 0 Å². The highest BCUT2D eigenvalue weighted by Crippen LogP contribution is 2.53. The highest BCUT2D eigenvalue weighted by atomic mass is 35.5. The molecule has 0 aliphatic heterocycles. The maximum Gasteiger partial charge on any atom is 0.325 e. The molecule has 2 atom stereocenters. The average molecular weight is 583 g/mol. The number of benzene rings is 4. The quantitative estimate of drug-likeness (QED) is 0.252. The van der Waals surface area contributed by atoms with Gasteiger partial charge < -0.3 is 5.11 Å². The van der Waals surface area contributed by atoms with Crippen LogP contribution in [0.25, 0.3) is 11.1 Å². The van der Waals surface area contributed by atoms with E-state index in [1.165, 1.54) is 30.3 Å². The molecule has 0 spiro atoms. The summed E-state index contributed by atoms with van der Waals surface area (Å²) in [5, 5.41) is 10.6. The second kappa shape index (κ2) is 10.1. The Kier molecular flexibility index (Phi) is 6.98. The van der Waals surface area contributed by atoms with Crippen molar-refractivity contribution in [3.63, 3.8) is 0 Å². The van der Waals surface area contributed by atoms with Crippen LogP contribution < -0.4 is 9.44 Å². The van der Waals surface area contributed by atoms with E-state index in [4.69, 9.17) is 11.6 Å². The third-order valence-electron chi connectivity index (χ3n) is 6.60. The van der Waals surface area contributed by atoms with Crippen LogP contribution in [0.3, 0.4) is 0 Å². The van der Waals surface area contributed by atoms with E-state index in [2.05, 4.69) is 9.44 Å². The summed E-state index contributed by atoms with van der Waals surface area (Å²) in [7, 11) is -8.04. The molecule has 200 valence electrons. The number of aliphatic carboxylic acids is 1. The molecule has 8 nitrogen and oxygen atoms in total. The van der Waals surface area contributed by atoms with E-state index in [0.717, 1.165) is 11.1 Å². The van der Waals surface area contributed by atoms with Crippen molar-refractivity contribution in [3.05, 3.63) is 114 Å². The predicted molar refractivity (Wildman–Crippen MR) is 149 cm³/mol. The Morgan fingerprint density at radius 1 is 0.769 bits per heavy atom.